The standard InChI is InChI=1S/C15H26N4O/c1-13(2)20-14-5-4-6-16-15(14)17-7-8-19-11-9-18(3)10-12-19/h4-6,13H,7-12H2,1-3H3,(H,16,17). The highest BCUT2D eigenvalue weighted by Gasteiger charge is 2.13. The number of hydrogen-bond acceptors (Lipinski definition) is 5. The summed E-state index contributed by atoms with van der Waals surface area (Å²) in [6.45, 7) is 10.6. The minimum Gasteiger partial charge on any atom is -0.487 e. The monoisotopic (exact) mass is 278 g/mol. The number of nitrogens with one attached hydrogen (secondary N) is 1. The van der Waals surface area contributed by atoms with Gasteiger partial charge in [0.2, 0.25) is 0 Å². The van der Waals surface area contributed by atoms with Crippen molar-refractivity contribution in [1.82, 2.24) is 14.8 Å². The molecule has 1 aromatic heterocycles. The van der Waals surface area contributed by atoms with Crippen molar-refractivity contribution >= 4 is 5.82 Å². The predicted molar refractivity (Wildman–Crippen MR) is 82.4 cm³/mol. The van der Waals surface area contributed by atoms with Gasteiger partial charge >= 0.3 is 0 Å². The summed E-state index contributed by atoms with van der Waals surface area (Å²) < 4.78 is 5.76. The molecule has 112 valence electrons. The van der Waals surface area contributed by atoms with Crippen LogP contribution < -0.4 is 10.1 Å². The Morgan fingerprint density at radius 2 is 2.05 bits per heavy atom. The van der Waals surface area contributed by atoms with E-state index in [0.29, 0.717) is 0 Å². The molecule has 1 N–H and O–H groups in total. The lowest BCUT2D eigenvalue weighted by molar-refractivity contribution is 0.158. The first-order valence-corrected chi connectivity index (χ1v) is 7.41. The second-order valence-electron chi connectivity index (χ2n) is 5.59. The maximum absolute atomic E-state index is 5.76. The zero-order valence-electron chi connectivity index (χ0n) is 12.8. The smallest absolute Gasteiger partial charge is 0.168 e. The van der Waals surface area contributed by atoms with Gasteiger partial charge in [-0.15, -0.1) is 0 Å². The van der Waals surface area contributed by atoms with E-state index in [0.717, 1.165) is 50.8 Å². The number of likely N-dealkylation sites (N-methyl/N-ethyl adjacent to an activating group) is 1. The van der Waals surface area contributed by atoms with Crippen LogP contribution in [0.1, 0.15) is 13.8 Å². The Morgan fingerprint density at radius 3 is 2.75 bits per heavy atom. The van der Waals surface area contributed by atoms with Crippen molar-refractivity contribution in [2.45, 2.75) is 20.0 Å². The molecule has 0 amide bonds. The van der Waals surface area contributed by atoms with Crippen LogP contribution in [0.5, 0.6) is 5.75 Å². The molecule has 0 radical (unpaired) electrons. The van der Waals surface area contributed by atoms with Gasteiger partial charge in [-0.25, -0.2) is 4.98 Å². The van der Waals surface area contributed by atoms with Gasteiger partial charge in [0.1, 0.15) is 0 Å². The second-order valence-corrected chi connectivity index (χ2v) is 5.59. The lowest BCUT2D eigenvalue weighted by Crippen LogP contribution is -2.45. The van der Waals surface area contributed by atoms with E-state index < -0.39 is 0 Å². The second kappa shape index (κ2) is 7.45. The van der Waals surface area contributed by atoms with Crippen molar-refractivity contribution in [3.63, 3.8) is 0 Å². The van der Waals surface area contributed by atoms with Gasteiger partial charge in [-0.2, -0.15) is 0 Å². The number of piperazine rings is 1. The molecule has 20 heavy (non-hydrogen) atoms. The molecular formula is C15H26N4O. The Kier molecular flexibility index (Phi) is 5.61. The fraction of sp³-hybridized carbons (Fsp3) is 0.667. The number of aromatic nitrogens is 1. The molecule has 1 saturated heterocycles. The van der Waals surface area contributed by atoms with Crippen LogP contribution in [0.25, 0.3) is 0 Å². The van der Waals surface area contributed by atoms with Crippen LogP contribution in [0.15, 0.2) is 18.3 Å². The van der Waals surface area contributed by atoms with Crippen LogP contribution in [0.4, 0.5) is 5.82 Å². The largest absolute Gasteiger partial charge is 0.487 e. The van der Waals surface area contributed by atoms with Gasteiger partial charge in [0.15, 0.2) is 11.6 Å². The van der Waals surface area contributed by atoms with Crippen LogP contribution in [0, 0.1) is 0 Å². The number of anilines is 1. The molecule has 0 aliphatic carbocycles. The molecule has 0 saturated carbocycles. The van der Waals surface area contributed by atoms with E-state index in [9.17, 15) is 0 Å². The van der Waals surface area contributed by atoms with E-state index in [4.69, 9.17) is 4.74 Å². The van der Waals surface area contributed by atoms with Crippen molar-refractivity contribution in [3.05, 3.63) is 18.3 Å². The Morgan fingerprint density at radius 1 is 1.30 bits per heavy atom. The minimum absolute atomic E-state index is 0.164. The molecule has 2 heterocycles. The minimum atomic E-state index is 0.164. The Bertz CT molecular complexity index is 403. The average molecular weight is 278 g/mol. The van der Waals surface area contributed by atoms with E-state index in [1.165, 1.54) is 0 Å². The molecule has 1 aromatic rings. The summed E-state index contributed by atoms with van der Waals surface area (Å²) in [5.41, 5.74) is 0. The Hall–Kier alpha value is -1.33. The number of hydrogen-bond donors (Lipinski definition) is 1. The summed E-state index contributed by atoms with van der Waals surface area (Å²) in [5, 5.41) is 3.39. The van der Waals surface area contributed by atoms with E-state index >= 15 is 0 Å². The van der Waals surface area contributed by atoms with Gasteiger partial charge in [0, 0.05) is 45.5 Å². The highest BCUT2D eigenvalue weighted by atomic mass is 16.5. The van der Waals surface area contributed by atoms with Crippen molar-refractivity contribution in [1.29, 1.82) is 0 Å². The van der Waals surface area contributed by atoms with Gasteiger partial charge in [-0.3, -0.25) is 4.90 Å². The normalized spacial score (nSPS) is 17.4. The zero-order chi connectivity index (χ0) is 14.4. The summed E-state index contributed by atoms with van der Waals surface area (Å²) in [5.74, 6) is 1.68. The third kappa shape index (κ3) is 4.65. The fourth-order valence-electron chi connectivity index (χ4n) is 2.28. The maximum atomic E-state index is 5.76. The molecule has 2 rings (SSSR count). The van der Waals surface area contributed by atoms with Crippen molar-refractivity contribution < 1.29 is 4.74 Å². The van der Waals surface area contributed by atoms with Crippen LogP contribution >= 0.6 is 0 Å². The zero-order valence-corrected chi connectivity index (χ0v) is 12.8. The van der Waals surface area contributed by atoms with E-state index in [2.05, 4.69) is 27.1 Å². The first kappa shape index (κ1) is 15.1. The predicted octanol–water partition coefficient (Wildman–Crippen LogP) is 1.53. The van der Waals surface area contributed by atoms with Crippen LogP contribution in [-0.2, 0) is 0 Å². The van der Waals surface area contributed by atoms with Gasteiger partial charge in [0.05, 0.1) is 6.10 Å². The molecule has 0 aromatic carbocycles. The first-order valence-electron chi connectivity index (χ1n) is 7.41. The Balaban J connectivity index is 1.79. The number of ether oxygens (including phenoxy) is 1. The average Bonchev–Trinajstić information content (AvgIpc) is 2.42. The molecule has 5 nitrogen and oxygen atoms in total. The van der Waals surface area contributed by atoms with Gasteiger partial charge in [-0.1, -0.05) is 0 Å². The molecule has 0 bridgehead atoms. The van der Waals surface area contributed by atoms with E-state index in [1.54, 1.807) is 6.20 Å². The molecular weight excluding hydrogens is 252 g/mol. The third-order valence-corrected chi connectivity index (χ3v) is 3.45. The van der Waals surface area contributed by atoms with Crippen molar-refractivity contribution in [2.75, 3.05) is 51.6 Å². The third-order valence-electron chi connectivity index (χ3n) is 3.45. The number of pyridine rings is 1. The summed E-state index contributed by atoms with van der Waals surface area (Å²) in [6, 6.07) is 3.87. The lowest BCUT2D eigenvalue weighted by atomic mass is 10.3. The molecule has 1 aliphatic heterocycles. The number of rotatable bonds is 6. The molecule has 0 unspecified atom stereocenters. The first-order chi connectivity index (χ1) is 9.65. The molecule has 1 fully saturated rings. The van der Waals surface area contributed by atoms with E-state index in [-0.39, 0.29) is 6.10 Å². The van der Waals surface area contributed by atoms with Gasteiger partial charge < -0.3 is 15.0 Å². The molecule has 1 aliphatic rings. The van der Waals surface area contributed by atoms with Crippen LogP contribution in [0.2, 0.25) is 0 Å². The quantitative estimate of drug-likeness (QED) is 0.854. The molecule has 5 heteroatoms. The summed E-state index contributed by atoms with van der Waals surface area (Å²) >= 11 is 0. The van der Waals surface area contributed by atoms with Crippen LogP contribution in [0.3, 0.4) is 0 Å². The van der Waals surface area contributed by atoms with Crippen molar-refractivity contribution in [3.8, 4) is 5.75 Å². The SMILES string of the molecule is CC(C)Oc1cccnc1NCCN1CCN(C)CC1. The summed E-state index contributed by atoms with van der Waals surface area (Å²) in [7, 11) is 2.18. The lowest BCUT2D eigenvalue weighted by Gasteiger charge is -2.32. The molecule has 0 spiro atoms. The van der Waals surface area contributed by atoms with Crippen LogP contribution in [-0.4, -0.2) is 67.2 Å². The Labute approximate surface area is 121 Å². The highest BCUT2D eigenvalue weighted by Crippen LogP contribution is 2.21. The highest BCUT2D eigenvalue weighted by molar-refractivity contribution is 5.49. The van der Waals surface area contributed by atoms with Gasteiger partial charge in [0.25, 0.3) is 0 Å². The topological polar surface area (TPSA) is 40.6 Å². The summed E-state index contributed by atoms with van der Waals surface area (Å²) in [6.07, 6.45) is 1.96. The van der Waals surface area contributed by atoms with Gasteiger partial charge in [-0.05, 0) is 33.0 Å². The fourth-order valence-corrected chi connectivity index (χ4v) is 2.28. The van der Waals surface area contributed by atoms with E-state index in [1.807, 2.05) is 26.0 Å². The maximum Gasteiger partial charge on any atom is 0.168 e. The molecule has 0 atom stereocenters. The van der Waals surface area contributed by atoms with Crippen molar-refractivity contribution in [2.24, 2.45) is 0 Å². The summed E-state index contributed by atoms with van der Waals surface area (Å²) in [4.78, 5) is 9.22. The number of nitrogens with zero attached hydrogens (tertiary/aromatic N) is 3.